The lowest BCUT2D eigenvalue weighted by Crippen LogP contribution is -2.59. The second kappa shape index (κ2) is 10.4. The lowest BCUT2D eigenvalue weighted by Gasteiger charge is -2.48. The third kappa shape index (κ3) is 4.76. The van der Waals surface area contributed by atoms with Crippen molar-refractivity contribution in [2.24, 2.45) is 0 Å². The first-order valence-electron chi connectivity index (χ1n) is 14.1. The number of anilines is 3. The number of aryl methyl sites for hydroxylation is 1. The Hall–Kier alpha value is -3.50. The van der Waals surface area contributed by atoms with E-state index in [4.69, 9.17) is 15.5 Å². The SMILES string of the molecule is CC12CCCN1CC(F)C2.COc1nc(N2CC3(CCc4sc(N)c(C#N)c43)C2)nc(N(C)C(C)c2ccn[nH]2)n1. The van der Waals surface area contributed by atoms with Crippen LogP contribution < -0.4 is 20.3 Å². The highest BCUT2D eigenvalue weighted by atomic mass is 32.1. The van der Waals surface area contributed by atoms with Crippen LogP contribution in [0.3, 0.4) is 0 Å². The first-order chi connectivity index (χ1) is 19.7. The predicted molar refractivity (Wildman–Crippen MR) is 156 cm³/mol. The van der Waals surface area contributed by atoms with Crippen molar-refractivity contribution in [1.82, 2.24) is 30.0 Å². The van der Waals surface area contributed by atoms with Gasteiger partial charge in [0.25, 0.3) is 0 Å². The molecule has 3 aromatic rings. The number of nitriles is 1. The van der Waals surface area contributed by atoms with Gasteiger partial charge in [0.2, 0.25) is 11.9 Å². The highest BCUT2D eigenvalue weighted by Gasteiger charge is 2.52. The molecule has 3 unspecified atom stereocenters. The molecule has 0 saturated carbocycles. The van der Waals surface area contributed by atoms with Crippen LogP contribution in [-0.4, -0.2) is 82.1 Å². The van der Waals surface area contributed by atoms with E-state index in [0.717, 1.165) is 50.2 Å². The van der Waals surface area contributed by atoms with E-state index in [9.17, 15) is 9.65 Å². The van der Waals surface area contributed by atoms with E-state index in [-0.39, 0.29) is 23.0 Å². The molecule has 3 atom stereocenters. The average Bonchev–Trinajstić information content (AvgIpc) is 3.74. The van der Waals surface area contributed by atoms with Crippen molar-refractivity contribution >= 4 is 28.2 Å². The second-order valence-electron chi connectivity index (χ2n) is 12.0. The van der Waals surface area contributed by atoms with Crippen molar-refractivity contribution in [2.75, 3.05) is 55.9 Å². The standard InChI is InChI=1S/C20H23N9OS.C8H14FN/c1-11(13-5-7-23-27-13)28(2)17-24-18(26-19(25-17)30-3)29-9-20(10-29)6-4-14-15(20)12(8-21)16(22)31-14;1-8-3-2-4-10(8)6-7(9)5-8/h5,7,11H,4,6,9-10,22H2,1-3H3,(H,23,27);7H,2-6H2,1H3. The number of H-pyrrole nitrogens is 1. The molecule has 0 aromatic carbocycles. The number of nitrogen functional groups attached to an aromatic ring is 1. The van der Waals surface area contributed by atoms with E-state index in [1.807, 2.05) is 24.9 Å². The van der Waals surface area contributed by atoms with Crippen molar-refractivity contribution in [3.05, 3.63) is 34.0 Å². The van der Waals surface area contributed by atoms with Gasteiger partial charge in [0.05, 0.1) is 24.4 Å². The predicted octanol–water partition coefficient (Wildman–Crippen LogP) is 3.60. The molecule has 3 N–H and O–H groups in total. The van der Waals surface area contributed by atoms with Crippen molar-refractivity contribution < 1.29 is 9.13 Å². The fourth-order valence-electron chi connectivity index (χ4n) is 6.97. The molecule has 11 nitrogen and oxygen atoms in total. The van der Waals surface area contributed by atoms with Crippen LogP contribution >= 0.6 is 11.3 Å². The number of alkyl halides is 1. The van der Waals surface area contributed by atoms with Gasteiger partial charge < -0.3 is 20.3 Å². The molecule has 3 fully saturated rings. The van der Waals surface area contributed by atoms with Crippen LogP contribution in [0.4, 0.5) is 21.3 Å². The molecular formula is C28H37FN10OS. The lowest BCUT2D eigenvalue weighted by molar-refractivity contribution is 0.217. The van der Waals surface area contributed by atoms with Crippen molar-refractivity contribution in [1.29, 1.82) is 5.26 Å². The average molecular weight is 581 g/mol. The summed E-state index contributed by atoms with van der Waals surface area (Å²) in [7, 11) is 3.48. The Kier molecular flexibility index (Phi) is 7.02. The molecule has 3 aliphatic heterocycles. The van der Waals surface area contributed by atoms with Crippen molar-refractivity contribution in [2.45, 2.75) is 69.1 Å². The number of ether oxygens (including phenoxy) is 1. The Morgan fingerprint density at radius 1 is 1.32 bits per heavy atom. The number of halogens is 1. The third-order valence-electron chi connectivity index (χ3n) is 9.38. The second-order valence-corrected chi connectivity index (χ2v) is 13.1. The number of nitrogens with two attached hydrogens (primary N) is 1. The molecule has 3 saturated heterocycles. The first kappa shape index (κ1) is 27.7. The molecule has 7 rings (SSSR count). The number of rotatable bonds is 5. The van der Waals surface area contributed by atoms with Crippen LogP contribution in [0.2, 0.25) is 0 Å². The minimum Gasteiger partial charge on any atom is -0.467 e. The molecule has 13 heteroatoms. The number of aromatic nitrogens is 5. The van der Waals surface area contributed by atoms with Crippen LogP contribution in [0.15, 0.2) is 12.3 Å². The summed E-state index contributed by atoms with van der Waals surface area (Å²) in [6.07, 6.45) is 6.40. The number of thiophene rings is 1. The summed E-state index contributed by atoms with van der Waals surface area (Å²) >= 11 is 1.55. The van der Waals surface area contributed by atoms with Crippen LogP contribution in [0.1, 0.15) is 67.3 Å². The highest BCUT2D eigenvalue weighted by Crippen LogP contribution is 2.52. The lowest BCUT2D eigenvalue weighted by atomic mass is 9.74. The Labute approximate surface area is 243 Å². The number of nitrogens with one attached hydrogen (secondary N) is 1. The minimum atomic E-state index is -0.551. The fourth-order valence-corrected chi connectivity index (χ4v) is 8.11. The van der Waals surface area contributed by atoms with Gasteiger partial charge >= 0.3 is 6.01 Å². The Balaban J connectivity index is 0.000000253. The fraction of sp³-hybridized carbons (Fsp3) is 0.607. The van der Waals surface area contributed by atoms with Crippen LogP contribution in [-0.2, 0) is 11.8 Å². The van der Waals surface area contributed by atoms with Crippen LogP contribution in [0.5, 0.6) is 6.01 Å². The van der Waals surface area contributed by atoms with E-state index in [2.05, 4.69) is 43.0 Å². The molecule has 218 valence electrons. The summed E-state index contributed by atoms with van der Waals surface area (Å²) in [5, 5.41) is 17.3. The molecule has 3 aromatic heterocycles. The first-order valence-corrected chi connectivity index (χ1v) is 15.0. The van der Waals surface area contributed by atoms with Gasteiger partial charge in [-0.25, -0.2) is 4.39 Å². The van der Waals surface area contributed by atoms with Gasteiger partial charge in [0.1, 0.15) is 17.2 Å². The molecule has 4 aliphatic rings. The zero-order valence-corrected chi connectivity index (χ0v) is 24.8. The molecule has 1 spiro atoms. The molecule has 41 heavy (non-hydrogen) atoms. The van der Waals surface area contributed by atoms with Gasteiger partial charge in [-0.05, 0) is 64.1 Å². The van der Waals surface area contributed by atoms with E-state index in [1.165, 1.54) is 17.7 Å². The minimum absolute atomic E-state index is 0.00505. The zero-order valence-electron chi connectivity index (χ0n) is 24.0. The number of nitrogens with zero attached hydrogens (tertiary/aromatic N) is 8. The van der Waals surface area contributed by atoms with E-state index in [0.29, 0.717) is 29.0 Å². The van der Waals surface area contributed by atoms with Gasteiger partial charge in [-0.15, -0.1) is 11.3 Å². The van der Waals surface area contributed by atoms with Gasteiger partial charge in [0.15, 0.2) is 0 Å². The molecule has 1 aliphatic carbocycles. The summed E-state index contributed by atoms with van der Waals surface area (Å²) in [5.74, 6) is 1.10. The number of fused-ring (bicyclic) bond motifs is 3. The number of methoxy groups -OCH3 is 1. The van der Waals surface area contributed by atoms with Gasteiger partial charge in [-0.3, -0.25) is 10.00 Å². The summed E-state index contributed by atoms with van der Waals surface area (Å²) < 4.78 is 18.2. The summed E-state index contributed by atoms with van der Waals surface area (Å²) in [6.45, 7) is 7.55. The number of hydrogen-bond donors (Lipinski definition) is 2. The third-order valence-corrected chi connectivity index (χ3v) is 10.5. The topological polar surface area (TPSA) is 136 Å². The van der Waals surface area contributed by atoms with Crippen molar-refractivity contribution in [3.63, 3.8) is 0 Å². The Morgan fingerprint density at radius 3 is 2.80 bits per heavy atom. The Bertz CT molecular complexity index is 1450. The molecule has 0 bridgehead atoms. The van der Waals surface area contributed by atoms with Crippen LogP contribution in [0, 0.1) is 11.3 Å². The monoisotopic (exact) mass is 580 g/mol. The highest BCUT2D eigenvalue weighted by molar-refractivity contribution is 7.16. The van der Waals surface area contributed by atoms with E-state index >= 15 is 0 Å². The maximum absolute atomic E-state index is 12.8. The van der Waals surface area contributed by atoms with E-state index < -0.39 is 6.17 Å². The smallest absolute Gasteiger partial charge is 0.322 e. The zero-order chi connectivity index (χ0) is 28.9. The summed E-state index contributed by atoms with van der Waals surface area (Å²) in [6, 6.07) is 4.51. The van der Waals surface area contributed by atoms with Crippen molar-refractivity contribution in [3.8, 4) is 12.1 Å². The van der Waals surface area contributed by atoms with Gasteiger partial charge in [-0.1, -0.05) is 0 Å². The van der Waals surface area contributed by atoms with Crippen LogP contribution in [0.25, 0.3) is 0 Å². The molecular weight excluding hydrogens is 543 g/mol. The normalized spacial score (nSPS) is 24.7. The van der Waals surface area contributed by atoms with Gasteiger partial charge in [-0.2, -0.15) is 25.3 Å². The largest absolute Gasteiger partial charge is 0.467 e. The summed E-state index contributed by atoms with van der Waals surface area (Å²) in [5.41, 5.74) is 9.02. The number of aromatic amines is 1. The quantitative estimate of drug-likeness (QED) is 0.461. The summed E-state index contributed by atoms with van der Waals surface area (Å²) in [4.78, 5) is 21.3. The maximum Gasteiger partial charge on any atom is 0.322 e. The maximum atomic E-state index is 12.8. The molecule has 6 heterocycles. The Morgan fingerprint density at radius 2 is 2.12 bits per heavy atom. The molecule has 0 radical (unpaired) electrons. The number of hydrogen-bond acceptors (Lipinski definition) is 11. The van der Waals surface area contributed by atoms with E-state index in [1.54, 1.807) is 24.6 Å². The van der Waals surface area contributed by atoms with Gasteiger partial charge in [0, 0.05) is 48.7 Å². The molecule has 0 amide bonds.